The van der Waals surface area contributed by atoms with Gasteiger partial charge in [0, 0.05) is 15.0 Å². The zero-order valence-electron chi connectivity index (χ0n) is 6.39. The van der Waals surface area contributed by atoms with Crippen molar-refractivity contribution in [3.63, 3.8) is 0 Å². The molecule has 12 heavy (non-hydrogen) atoms. The Balaban J connectivity index is 2.26. The molecule has 0 spiro atoms. The average Bonchev–Trinajstić information content (AvgIpc) is 2.77. The number of ether oxygens (including phenoxy) is 1. The summed E-state index contributed by atoms with van der Waals surface area (Å²) in [5.41, 5.74) is 1.09. The maximum atomic E-state index is 5.93. The highest BCUT2D eigenvalue weighted by atomic mass is 127. The molecule has 2 aliphatic rings. The third-order valence-corrected chi connectivity index (χ3v) is 3.22. The predicted molar refractivity (Wildman–Crippen MR) is 58.5 cm³/mol. The van der Waals surface area contributed by atoms with Crippen LogP contribution in [0.5, 0.6) is 0 Å². The highest BCUT2D eigenvalue weighted by Crippen LogP contribution is 2.40. The molecule has 0 saturated carbocycles. The first-order valence-corrected chi connectivity index (χ1v) is 5.19. The molecule has 0 radical (unpaired) electrons. The average molecular weight is 295 g/mol. The van der Waals surface area contributed by atoms with E-state index in [-0.39, 0.29) is 12.2 Å². The number of halogens is 2. The van der Waals surface area contributed by atoms with E-state index in [1.165, 1.54) is 3.58 Å². The molecule has 3 heteroatoms. The van der Waals surface area contributed by atoms with Gasteiger partial charge in [-0.15, -0.1) is 0 Å². The number of epoxide rings is 1. The topological polar surface area (TPSA) is 12.5 Å². The van der Waals surface area contributed by atoms with E-state index in [2.05, 4.69) is 29.2 Å². The van der Waals surface area contributed by atoms with Crippen LogP contribution >= 0.6 is 34.2 Å². The number of fused-ring (bicyclic) bond motifs is 1. The van der Waals surface area contributed by atoms with Crippen LogP contribution in [0.25, 0.3) is 0 Å². The SMILES string of the molecule is C=C1C/C(Cl)=C\C=C(\I)C2OC12. The lowest BCUT2D eigenvalue weighted by atomic mass is 10.1. The molecule has 0 bridgehead atoms. The van der Waals surface area contributed by atoms with Crippen molar-refractivity contribution < 1.29 is 4.74 Å². The molecule has 1 aliphatic heterocycles. The number of hydrogen-bond donors (Lipinski definition) is 0. The van der Waals surface area contributed by atoms with E-state index in [1.54, 1.807) is 0 Å². The summed E-state index contributed by atoms with van der Waals surface area (Å²) in [5, 5.41) is 0.836. The van der Waals surface area contributed by atoms with Crippen molar-refractivity contribution in [2.24, 2.45) is 0 Å². The molecule has 0 aromatic carbocycles. The summed E-state index contributed by atoms with van der Waals surface area (Å²) in [6, 6.07) is 0. The quantitative estimate of drug-likeness (QED) is 0.380. The van der Waals surface area contributed by atoms with E-state index in [0.29, 0.717) is 0 Å². The van der Waals surface area contributed by atoms with Crippen LogP contribution in [0, 0.1) is 0 Å². The molecule has 1 heterocycles. The fraction of sp³-hybridized carbons (Fsp3) is 0.333. The van der Waals surface area contributed by atoms with Crippen LogP contribution in [0.4, 0.5) is 0 Å². The summed E-state index contributed by atoms with van der Waals surface area (Å²) in [6.45, 7) is 3.94. The van der Waals surface area contributed by atoms with Gasteiger partial charge in [-0.1, -0.05) is 18.2 Å². The van der Waals surface area contributed by atoms with Crippen LogP contribution in [-0.2, 0) is 4.74 Å². The van der Waals surface area contributed by atoms with Gasteiger partial charge in [-0.3, -0.25) is 0 Å². The summed E-state index contributed by atoms with van der Waals surface area (Å²) in [6.07, 6.45) is 5.17. The van der Waals surface area contributed by atoms with Crippen molar-refractivity contribution in [2.75, 3.05) is 0 Å². The molecule has 2 atom stereocenters. The smallest absolute Gasteiger partial charge is 0.119 e. The molecule has 1 aliphatic carbocycles. The first-order chi connectivity index (χ1) is 5.68. The van der Waals surface area contributed by atoms with Crippen molar-refractivity contribution in [2.45, 2.75) is 18.6 Å². The van der Waals surface area contributed by atoms with Crippen LogP contribution in [-0.4, -0.2) is 12.2 Å². The Morgan fingerprint density at radius 1 is 1.50 bits per heavy atom. The summed E-state index contributed by atoms with van der Waals surface area (Å²) in [7, 11) is 0. The molecule has 2 rings (SSSR count). The molecule has 1 nitrogen and oxygen atoms in total. The fourth-order valence-electron chi connectivity index (χ4n) is 1.27. The highest BCUT2D eigenvalue weighted by molar-refractivity contribution is 14.1. The van der Waals surface area contributed by atoms with Gasteiger partial charge in [0.15, 0.2) is 0 Å². The maximum Gasteiger partial charge on any atom is 0.119 e. The molecule has 0 aromatic rings. The van der Waals surface area contributed by atoms with Crippen LogP contribution < -0.4 is 0 Å². The standard InChI is InChI=1S/C9H8ClIO/c1-5-4-6(10)2-3-7(11)9-8(5)12-9/h2-3,8-9H,1,4H2/b6-2+,7-3+. The van der Waals surface area contributed by atoms with E-state index < -0.39 is 0 Å². The number of hydrogen-bond acceptors (Lipinski definition) is 1. The van der Waals surface area contributed by atoms with Crippen molar-refractivity contribution in [3.8, 4) is 0 Å². The van der Waals surface area contributed by atoms with Gasteiger partial charge in [0.05, 0.1) is 0 Å². The Morgan fingerprint density at radius 3 is 3.00 bits per heavy atom. The minimum absolute atomic E-state index is 0.218. The number of rotatable bonds is 0. The van der Waals surface area contributed by atoms with Gasteiger partial charge in [0.25, 0.3) is 0 Å². The van der Waals surface area contributed by atoms with Crippen molar-refractivity contribution >= 4 is 34.2 Å². The molecule has 64 valence electrons. The summed E-state index contributed by atoms with van der Waals surface area (Å²) < 4.78 is 6.65. The van der Waals surface area contributed by atoms with Crippen molar-refractivity contribution in [1.29, 1.82) is 0 Å². The van der Waals surface area contributed by atoms with Gasteiger partial charge in [-0.05, 0) is 40.3 Å². The molecule has 1 fully saturated rings. The van der Waals surface area contributed by atoms with E-state index in [0.717, 1.165) is 17.0 Å². The molecule has 2 unspecified atom stereocenters. The van der Waals surface area contributed by atoms with Crippen LogP contribution in [0.1, 0.15) is 6.42 Å². The third kappa shape index (κ3) is 1.60. The lowest BCUT2D eigenvalue weighted by Crippen LogP contribution is -1.99. The Morgan fingerprint density at radius 2 is 2.25 bits per heavy atom. The fourth-order valence-corrected chi connectivity index (χ4v) is 2.16. The Hall–Kier alpha value is 0.200. The van der Waals surface area contributed by atoms with Gasteiger partial charge < -0.3 is 4.74 Å². The van der Waals surface area contributed by atoms with Crippen molar-refractivity contribution in [3.05, 3.63) is 32.9 Å². The summed E-state index contributed by atoms with van der Waals surface area (Å²) >= 11 is 8.21. The monoisotopic (exact) mass is 294 g/mol. The van der Waals surface area contributed by atoms with Gasteiger partial charge >= 0.3 is 0 Å². The minimum atomic E-state index is 0.218. The van der Waals surface area contributed by atoms with Crippen LogP contribution in [0.2, 0.25) is 0 Å². The Bertz CT molecular complexity index is 293. The predicted octanol–water partition coefficient (Wildman–Crippen LogP) is 3.16. The van der Waals surface area contributed by atoms with E-state index in [9.17, 15) is 0 Å². The summed E-state index contributed by atoms with van der Waals surface area (Å²) in [5.74, 6) is 0. The second-order valence-electron chi connectivity index (χ2n) is 2.98. The second-order valence-corrected chi connectivity index (χ2v) is 4.71. The van der Waals surface area contributed by atoms with Crippen molar-refractivity contribution in [1.82, 2.24) is 0 Å². The molecule has 0 N–H and O–H groups in total. The molecule has 1 saturated heterocycles. The largest absolute Gasteiger partial charge is 0.359 e. The maximum absolute atomic E-state index is 5.93. The van der Waals surface area contributed by atoms with E-state index in [1.807, 2.05) is 12.2 Å². The first-order valence-electron chi connectivity index (χ1n) is 3.73. The lowest BCUT2D eigenvalue weighted by molar-refractivity contribution is 0.405. The zero-order valence-corrected chi connectivity index (χ0v) is 9.30. The third-order valence-electron chi connectivity index (χ3n) is 1.99. The van der Waals surface area contributed by atoms with Crippen LogP contribution in [0.15, 0.2) is 32.9 Å². The molecular formula is C9H8ClIO. The molecular weight excluding hydrogens is 286 g/mol. The van der Waals surface area contributed by atoms with Gasteiger partial charge in [-0.25, -0.2) is 0 Å². The first kappa shape index (κ1) is 8.78. The van der Waals surface area contributed by atoms with Gasteiger partial charge in [-0.2, -0.15) is 0 Å². The second kappa shape index (κ2) is 3.16. The normalized spacial score (nSPS) is 43.0. The number of allylic oxidation sites excluding steroid dienone is 3. The summed E-state index contributed by atoms with van der Waals surface area (Å²) in [4.78, 5) is 0. The minimum Gasteiger partial charge on any atom is -0.359 e. The van der Waals surface area contributed by atoms with E-state index in [4.69, 9.17) is 16.3 Å². The van der Waals surface area contributed by atoms with Crippen LogP contribution in [0.3, 0.4) is 0 Å². The lowest BCUT2D eigenvalue weighted by Gasteiger charge is -2.03. The Kier molecular flexibility index (Phi) is 2.31. The van der Waals surface area contributed by atoms with E-state index >= 15 is 0 Å². The highest BCUT2D eigenvalue weighted by Gasteiger charge is 2.43. The molecule has 0 aromatic heterocycles. The molecule has 0 amide bonds. The Labute approximate surface area is 90.3 Å². The zero-order chi connectivity index (χ0) is 8.72. The van der Waals surface area contributed by atoms with Gasteiger partial charge in [0.1, 0.15) is 12.2 Å². The van der Waals surface area contributed by atoms with Gasteiger partial charge in [0.2, 0.25) is 0 Å².